The average molecular weight is 299 g/mol. The first-order valence-corrected chi connectivity index (χ1v) is 8.27. The van der Waals surface area contributed by atoms with Crippen molar-refractivity contribution in [3.63, 3.8) is 0 Å². The number of imidazole rings is 1. The van der Waals surface area contributed by atoms with Crippen molar-refractivity contribution in [2.45, 2.75) is 32.2 Å². The highest BCUT2D eigenvalue weighted by Crippen LogP contribution is 2.15. The van der Waals surface area contributed by atoms with Crippen LogP contribution in [-0.2, 0) is 12.8 Å². The lowest BCUT2D eigenvalue weighted by Crippen LogP contribution is -2.28. The van der Waals surface area contributed by atoms with E-state index >= 15 is 0 Å². The number of aromatic nitrogens is 2. The maximum atomic E-state index is 4.67. The summed E-state index contributed by atoms with van der Waals surface area (Å²) in [6.45, 7) is 2.19. The largest absolute Gasteiger partial charge is 0.317 e. The van der Waals surface area contributed by atoms with Crippen LogP contribution < -0.4 is 5.32 Å². The number of fused-ring (bicyclic) bond motifs is 1. The molecule has 0 radical (unpaired) electrons. The third-order valence-electron chi connectivity index (χ3n) is 4.03. The van der Waals surface area contributed by atoms with Gasteiger partial charge >= 0.3 is 0 Å². The Morgan fingerprint density at radius 1 is 1.33 bits per heavy atom. The van der Waals surface area contributed by atoms with Gasteiger partial charge in [-0.05, 0) is 37.9 Å². The van der Waals surface area contributed by atoms with Crippen LogP contribution in [0.1, 0.15) is 23.2 Å². The van der Waals surface area contributed by atoms with Gasteiger partial charge in [0.05, 0.1) is 5.69 Å². The van der Waals surface area contributed by atoms with E-state index in [4.69, 9.17) is 0 Å². The van der Waals surface area contributed by atoms with Gasteiger partial charge in [0.1, 0.15) is 0 Å². The third kappa shape index (κ3) is 3.34. The summed E-state index contributed by atoms with van der Waals surface area (Å²) >= 11 is 1.69. The van der Waals surface area contributed by atoms with Crippen LogP contribution in [0.2, 0.25) is 0 Å². The Bertz CT molecular complexity index is 685. The monoisotopic (exact) mass is 299 g/mol. The van der Waals surface area contributed by atoms with Crippen LogP contribution in [-0.4, -0.2) is 22.5 Å². The van der Waals surface area contributed by atoms with Crippen molar-refractivity contribution in [3.8, 4) is 0 Å². The molecule has 1 unspecified atom stereocenters. The van der Waals surface area contributed by atoms with Gasteiger partial charge in [0.25, 0.3) is 0 Å². The van der Waals surface area contributed by atoms with Crippen molar-refractivity contribution in [1.82, 2.24) is 14.7 Å². The predicted octanol–water partition coefficient (Wildman–Crippen LogP) is 3.47. The highest BCUT2D eigenvalue weighted by atomic mass is 32.1. The first-order valence-electron chi connectivity index (χ1n) is 7.39. The number of thiazole rings is 1. The highest BCUT2D eigenvalue weighted by molar-refractivity contribution is 7.15. The summed E-state index contributed by atoms with van der Waals surface area (Å²) < 4.78 is 2.11. The van der Waals surface area contributed by atoms with Gasteiger partial charge in [0, 0.05) is 30.2 Å². The number of nitrogens with zero attached hydrogens (tertiary/aromatic N) is 2. The van der Waals surface area contributed by atoms with Gasteiger partial charge in [-0.15, -0.1) is 11.3 Å². The van der Waals surface area contributed by atoms with E-state index in [1.165, 1.54) is 16.8 Å². The zero-order valence-electron chi connectivity index (χ0n) is 12.5. The van der Waals surface area contributed by atoms with Crippen LogP contribution in [0.5, 0.6) is 0 Å². The quantitative estimate of drug-likeness (QED) is 0.755. The van der Waals surface area contributed by atoms with Gasteiger partial charge in [-0.1, -0.05) is 24.3 Å². The Kier molecular flexibility index (Phi) is 4.36. The molecule has 0 fully saturated rings. The fraction of sp³-hybridized carbons (Fsp3) is 0.353. The van der Waals surface area contributed by atoms with Gasteiger partial charge in [-0.25, -0.2) is 4.98 Å². The zero-order valence-corrected chi connectivity index (χ0v) is 13.4. The molecule has 0 aliphatic carbocycles. The molecule has 21 heavy (non-hydrogen) atoms. The van der Waals surface area contributed by atoms with Crippen molar-refractivity contribution in [2.75, 3.05) is 7.05 Å². The second kappa shape index (κ2) is 6.41. The van der Waals surface area contributed by atoms with Gasteiger partial charge in [0.15, 0.2) is 4.96 Å². The summed E-state index contributed by atoms with van der Waals surface area (Å²) in [5.41, 5.74) is 4.00. The molecule has 2 aromatic heterocycles. The Hall–Kier alpha value is -1.65. The number of nitrogens with one attached hydrogen (secondary N) is 1. The van der Waals surface area contributed by atoms with Gasteiger partial charge in [-0.3, -0.25) is 4.40 Å². The van der Waals surface area contributed by atoms with Crippen molar-refractivity contribution in [1.29, 1.82) is 0 Å². The SMILES string of the molecule is CNC(CCc1ccccc1C)Cc1cn2ccsc2n1. The summed E-state index contributed by atoms with van der Waals surface area (Å²) in [5.74, 6) is 0. The molecule has 0 saturated heterocycles. The van der Waals surface area contributed by atoms with E-state index in [-0.39, 0.29) is 0 Å². The Labute approximate surface area is 129 Å². The molecular weight excluding hydrogens is 278 g/mol. The molecule has 0 aliphatic heterocycles. The molecule has 1 N–H and O–H groups in total. The Morgan fingerprint density at radius 3 is 2.95 bits per heavy atom. The van der Waals surface area contributed by atoms with Gasteiger partial charge < -0.3 is 5.32 Å². The Morgan fingerprint density at radius 2 is 2.19 bits per heavy atom. The summed E-state index contributed by atoms with van der Waals surface area (Å²) in [7, 11) is 2.04. The number of benzene rings is 1. The smallest absolute Gasteiger partial charge is 0.193 e. The maximum Gasteiger partial charge on any atom is 0.193 e. The normalized spacial score (nSPS) is 12.9. The fourth-order valence-electron chi connectivity index (χ4n) is 2.70. The van der Waals surface area contributed by atoms with E-state index in [0.717, 1.165) is 24.2 Å². The van der Waals surface area contributed by atoms with E-state index < -0.39 is 0 Å². The lowest BCUT2D eigenvalue weighted by atomic mass is 9.99. The van der Waals surface area contributed by atoms with Crippen LogP contribution in [0.25, 0.3) is 4.96 Å². The van der Waals surface area contributed by atoms with Crippen molar-refractivity contribution >= 4 is 16.3 Å². The highest BCUT2D eigenvalue weighted by Gasteiger charge is 2.11. The predicted molar refractivity (Wildman–Crippen MR) is 89.1 cm³/mol. The minimum absolute atomic E-state index is 0.467. The first-order chi connectivity index (χ1) is 10.3. The number of likely N-dealkylation sites (N-methyl/N-ethyl adjacent to an activating group) is 1. The molecular formula is C17H21N3S. The number of hydrogen-bond acceptors (Lipinski definition) is 3. The van der Waals surface area contributed by atoms with Gasteiger partial charge in [0.2, 0.25) is 0 Å². The molecule has 110 valence electrons. The molecule has 0 saturated carbocycles. The molecule has 2 heterocycles. The second-order valence-corrected chi connectivity index (χ2v) is 6.35. The molecule has 1 atom stereocenters. The lowest BCUT2D eigenvalue weighted by molar-refractivity contribution is 0.515. The molecule has 3 nitrogen and oxygen atoms in total. The molecule has 0 amide bonds. The molecule has 1 aromatic carbocycles. The minimum Gasteiger partial charge on any atom is -0.317 e. The van der Waals surface area contributed by atoms with Crippen LogP contribution in [0.15, 0.2) is 42.0 Å². The lowest BCUT2D eigenvalue weighted by Gasteiger charge is -2.15. The number of rotatable bonds is 6. The summed E-state index contributed by atoms with van der Waals surface area (Å²) in [6, 6.07) is 9.11. The summed E-state index contributed by atoms with van der Waals surface area (Å²) in [4.78, 5) is 5.76. The number of hydrogen-bond donors (Lipinski definition) is 1. The van der Waals surface area contributed by atoms with E-state index in [2.05, 4.69) is 63.7 Å². The standard InChI is InChI=1S/C17H21N3S/c1-13-5-3-4-6-14(13)7-8-15(18-2)11-16-12-20-9-10-21-17(20)19-16/h3-6,9-10,12,15,18H,7-8,11H2,1-2H3. The van der Waals surface area contributed by atoms with E-state index in [0.29, 0.717) is 6.04 Å². The Balaban J connectivity index is 1.62. The van der Waals surface area contributed by atoms with Gasteiger partial charge in [-0.2, -0.15) is 0 Å². The van der Waals surface area contributed by atoms with Crippen molar-refractivity contribution < 1.29 is 0 Å². The summed E-state index contributed by atoms with van der Waals surface area (Å²) in [6.07, 6.45) is 7.44. The maximum absolute atomic E-state index is 4.67. The van der Waals surface area contributed by atoms with E-state index in [1.54, 1.807) is 11.3 Å². The molecule has 3 aromatic rings. The molecule has 0 spiro atoms. The minimum atomic E-state index is 0.467. The number of aryl methyl sites for hydroxylation is 2. The van der Waals surface area contributed by atoms with Crippen molar-refractivity contribution in [2.24, 2.45) is 0 Å². The zero-order chi connectivity index (χ0) is 14.7. The molecule has 0 bridgehead atoms. The molecule has 3 rings (SSSR count). The van der Waals surface area contributed by atoms with Crippen LogP contribution in [0.3, 0.4) is 0 Å². The van der Waals surface area contributed by atoms with E-state index in [9.17, 15) is 0 Å². The van der Waals surface area contributed by atoms with Crippen molar-refractivity contribution in [3.05, 3.63) is 58.9 Å². The molecule has 0 aliphatic rings. The molecule has 4 heteroatoms. The van der Waals surface area contributed by atoms with E-state index in [1.807, 2.05) is 7.05 Å². The first kappa shape index (κ1) is 14.3. The summed E-state index contributed by atoms with van der Waals surface area (Å²) in [5, 5.41) is 5.50. The third-order valence-corrected chi connectivity index (χ3v) is 4.80. The van der Waals surface area contributed by atoms with Crippen LogP contribution in [0.4, 0.5) is 0 Å². The van der Waals surface area contributed by atoms with Crippen LogP contribution >= 0.6 is 11.3 Å². The topological polar surface area (TPSA) is 29.3 Å². The van der Waals surface area contributed by atoms with Crippen LogP contribution in [0, 0.1) is 6.92 Å². The second-order valence-electron chi connectivity index (χ2n) is 5.48. The fourth-order valence-corrected chi connectivity index (χ4v) is 3.41. The average Bonchev–Trinajstić information content (AvgIpc) is 3.06.